The molecule has 1 saturated heterocycles. The molecule has 1 unspecified atom stereocenters. The van der Waals surface area contributed by atoms with Crippen LogP contribution in [-0.2, 0) is 16.1 Å². The van der Waals surface area contributed by atoms with Crippen LogP contribution in [0.5, 0.6) is 5.75 Å². The smallest absolute Gasteiger partial charge is 0.290 e. The second-order valence-corrected chi connectivity index (χ2v) is 9.84. The first-order chi connectivity index (χ1) is 19.0. The molecule has 0 saturated carbocycles. The molecule has 3 heterocycles. The van der Waals surface area contributed by atoms with Crippen molar-refractivity contribution < 1.29 is 24.2 Å². The Morgan fingerprint density at radius 1 is 1.05 bits per heavy atom. The van der Waals surface area contributed by atoms with E-state index in [4.69, 9.17) is 9.47 Å². The number of nitrogens with zero attached hydrogens (tertiary/aromatic N) is 3. The Bertz CT molecular complexity index is 1340. The van der Waals surface area contributed by atoms with Crippen LogP contribution in [-0.4, -0.2) is 71.0 Å². The van der Waals surface area contributed by atoms with E-state index in [0.29, 0.717) is 44.1 Å². The van der Waals surface area contributed by atoms with Gasteiger partial charge in [-0.05, 0) is 60.4 Å². The number of rotatable bonds is 10. The van der Waals surface area contributed by atoms with E-state index < -0.39 is 17.7 Å². The predicted molar refractivity (Wildman–Crippen MR) is 147 cm³/mol. The van der Waals surface area contributed by atoms with Gasteiger partial charge < -0.3 is 19.5 Å². The molecule has 5 rings (SSSR count). The monoisotopic (exact) mass is 527 g/mol. The summed E-state index contributed by atoms with van der Waals surface area (Å²) < 4.78 is 11.4. The molecule has 1 aromatic heterocycles. The van der Waals surface area contributed by atoms with Crippen molar-refractivity contribution in [3.05, 3.63) is 107 Å². The number of pyridine rings is 1. The minimum Gasteiger partial charge on any atom is -0.503 e. The van der Waals surface area contributed by atoms with Crippen molar-refractivity contribution in [3.8, 4) is 5.75 Å². The van der Waals surface area contributed by atoms with E-state index >= 15 is 0 Å². The quantitative estimate of drug-likeness (QED) is 0.394. The largest absolute Gasteiger partial charge is 0.503 e. The number of hydrogen-bond donors (Lipinski definition) is 1. The lowest BCUT2D eigenvalue weighted by Gasteiger charge is -2.30. The van der Waals surface area contributed by atoms with Crippen molar-refractivity contribution >= 4 is 11.7 Å². The lowest BCUT2D eigenvalue weighted by Crippen LogP contribution is -2.39. The van der Waals surface area contributed by atoms with E-state index in [2.05, 4.69) is 9.88 Å². The zero-order chi connectivity index (χ0) is 27.2. The number of ether oxygens (including phenoxy) is 2. The number of benzene rings is 2. The van der Waals surface area contributed by atoms with Gasteiger partial charge in [0.05, 0.1) is 24.8 Å². The summed E-state index contributed by atoms with van der Waals surface area (Å²) in [5.41, 5.74) is 3.06. The highest BCUT2D eigenvalue weighted by Gasteiger charge is 2.43. The molecule has 0 radical (unpaired) electrons. The van der Waals surface area contributed by atoms with Crippen LogP contribution in [0.1, 0.15) is 39.5 Å². The fourth-order valence-corrected chi connectivity index (χ4v) is 5.14. The third-order valence-electron chi connectivity index (χ3n) is 7.22. The number of Topliss-reactive ketones (excluding diaryl/α,β-unsaturated/α-hetero) is 1. The number of carbonyl (C=O) groups is 2. The average Bonchev–Trinajstić information content (AvgIpc) is 3.23. The van der Waals surface area contributed by atoms with Gasteiger partial charge in [0.25, 0.3) is 5.91 Å². The highest BCUT2D eigenvalue weighted by molar-refractivity contribution is 6.16. The molecular formula is C31H33N3O5. The van der Waals surface area contributed by atoms with Gasteiger partial charge in [-0.1, -0.05) is 30.3 Å². The molecule has 2 aliphatic rings. The Balaban J connectivity index is 1.35. The summed E-state index contributed by atoms with van der Waals surface area (Å²) in [6, 6.07) is 17.9. The SMILES string of the molecule is Cc1cc(C(=O)C2=C(O)C(=O)N(CCCN3CCOCC3)C2c2ccncc2)ccc1OCc1ccccc1. The van der Waals surface area contributed by atoms with E-state index in [9.17, 15) is 14.7 Å². The van der Waals surface area contributed by atoms with Crippen molar-refractivity contribution in [2.75, 3.05) is 39.4 Å². The molecule has 3 aromatic rings. The maximum absolute atomic E-state index is 13.8. The molecule has 1 N–H and O–H groups in total. The number of amides is 1. The zero-order valence-corrected chi connectivity index (χ0v) is 22.1. The molecule has 2 aromatic carbocycles. The van der Waals surface area contributed by atoms with Crippen LogP contribution in [0.2, 0.25) is 0 Å². The molecule has 8 heteroatoms. The number of carbonyl (C=O) groups excluding carboxylic acids is 2. The molecule has 0 aliphatic carbocycles. The van der Waals surface area contributed by atoms with E-state index in [1.165, 1.54) is 0 Å². The van der Waals surface area contributed by atoms with Crippen LogP contribution >= 0.6 is 0 Å². The summed E-state index contributed by atoms with van der Waals surface area (Å²) in [5.74, 6) is -0.723. The van der Waals surface area contributed by atoms with E-state index in [0.717, 1.165) is 36.3 Å². The minimum atomic E-state index is -0.688. The molecule has 202 valence electrons. The van der Waals surface area contributed by atoms with Crippen molar-refractivity contribution in [1.29, 1.82) is 0 Å². The number of morpholine rings is 1. The number of aromatic nitrogens is 1. The molecule has 0 bridgehead atoms. The molecule has 0 spiro atoms. The summed E-state index contributed by atoms with van der Waals surface area (Å²) in [6.07, 6.45) is 3.98. The van der Waals surface area contributed by atoms with E-state index in [1.807, 2.05) is 37.3 Å². The normalized spacial score (nSPS) is 18.0. The summed E-state index contributed by atoms with van der Waals surface area (Å²) in [7, 11) is 0. The molecule has 1 amide bonds. The zero-order valence-electron chi connectivity index (χ0n) is 22.1. The maximum atomic E-state index is 13.8. The van der Waals surface area contributed by atoms with Gasteiger partial charge in [0.15, 0.2) is 11.5 Å². The van der Waals surface area contributed by atoms with Crippen LogP contribution in [0.25, 0.3) is 0 Å². The first-order valence-electron chi connectivity index (χ1n) is 13.3. The molecular weight excluding hydrogens is 494 g/mol. The van der Waals surface area contributed by atoms with Crippen LogP contribution in [0.15, 0.2) is 84.4 Å². The third kappa shape index (κ3) is 6.02. The standard InChI is InChI=1S/C31H33N3O5/c1-22-20-25(8-9-26(22)39-21-23-6-3-2-4-7-23)29(35)27-28(24-10-12-32-13-11-24)34(31(37)30(27)36)15-5-14-33-16-18-38-19-17-33/h2-4,6-13,20,28,36H,5,14-19,21H2,1H3. The first kappa shape index (κ1) is 26.6. The summed E-state index contributed by atoms with van der Waals surface area (Å²) >= 11 is 0. The van der Waals surface area contributed by atoms with Gasteiger partial charge in [0, 0.05) is 44.1 Å². The minimum absolute atomic E-state index is 0.0925. The summed E-state index contributed by atoms with van der Waals surface area (Å²) in [6.45, 7) is 6.65. The fraction of sp³-hybridized carbons (Fsp3) is 0.323. The molecule has 1 atom stereocenters. The average molecular weight is 528 g/mol. The highest BCUT2D eigenvalue weighted by atomic mass is 16.5. The molecule has 39 heavy (non-hydrogen) atoms. The topological polar surface area (TPSA) is 92.2 Å². The van der Waals surface area contributed by atoms with Gasteiger partial charge in [-0.15, -0.1) is 0 Å². The highest BCUT2D eigenvalue weighted by Crippen LogP contribution is 2.39. The predicted octanol–water partition coefficient (Wildman–Crippen LogP) is 4.27. The Morgan fingerprint density at radius 2 is 1.79 bits per heavy atom. The summed E-state index contributed by atoms with van der Waals surface area (Å²) in [5, 5.41) is 11.0. The number of aliphatic hydroxyl groups is 1. The Hall–Kier alpha value is -4.01. The fourth-order valence-electron chi connectivity index (χ4n) is 5.14. The van der Waals surface area contributed by atoms with Gasteiger partial charge in [-0.25, -0.2) is 0 Å². The molecule has 8 nitrogen and oxygen atoms in total. The maximum Gasteiger partial charge on any atom is 0.290 e. The van der Waals surface area contributed by atoms with Crippen LogP contribution in [0, 0.1) is 6.92 Å². The molecule has 1 fully saturated rings. The number of aliphatic hydroxyl groups excluding tert-OH is 1. The van der Waals surface area contributed by atoms with Crippen molar-refractivity contribution in [2.45, 2.75) is 26.0 Å². The van der Waals surface area contributed by atoms with Crippen LogP contribution in [0.3, 0.4) is 0 Å². The Kier molecular flexibility index (Phi) is 8.34. The molecule has 2 aliphatic heterocycles. The number of hydrogen-bond acceptors (Lipinski definition) is 7. The Morgan fingerprint density at radius 3 is 2.51 bits per heavy atom. The van der Waals surface area contributed by atoms with Crippen LogP contribution < -0.4 is 4.74 Å². The second kappa shape index (κ2) is 12.2. The van der Waals surface area contributed by atoms with E-state index in [-0.39, 0.29) is 11.4 Å². The van der Waals surface area contributed by atoms with Crippen molar-refractivity contribution in [2.24, 2.45) is 0 Å². The lowest BCUT2D eigenvalue weighted by atomic mass is 9.92. The number of aryl methyl sites for hydroxylation is 1. The first-order valence-corrected chi connectivity index (χ1v) is 13.3. The lowest BCUT2D eigenvalue weighted by molar-refractivity contribution is -0.129. The van der Waals surface area contributed by atoms with Gasteiger partial charge in [-0.3, -0.25) is 19.5 Å². The van der Waals surface area contributed by atoms with Gasteiger partial charge in [0.2, 0.25) is 0 Å². The van der Waals surface area contributed by atoms with Crippen molar-refractivity contribution in [3.63, 3.8) is 0 Å². The third-order valence-corrected chi connectivity index (χ3v) is 7.22. The van der Waals surface area contributed by atoms with E-state index in [1.54, 1.807) is 47.6 Å². The Labute approximate surface area is 228 Å². The van der Waals surface area contributed by atoms with Gasteiger partial charge in [-0.2, -0.15) is 0 Å². The van der Waals surface area contributed by atoms with Crippen molar-refractivity contribution in [1.82, 2.24) is 14.8 Å². The van der Waals surface area contributed by atoms with Crippen LogP contribution in [0.4, 0.5) is 0 Å². The van der Waals surface area contributed by atoms with Gasteiger partial charge in [0.1, 0.15) is 12.4 Å². The number of ketones is 1. The second-order valence-electron chi connectivity index (χ2n) is 9.84. The summed E-state index contributed by atoms with van der Waals surface area (Å²) in [4.78, 5) is 35.1. The van der Waals surface area contributed by atoms with Gasteiger partial charge >= 0.3 is 0 Å².